The van der Waals surface area contributed by atoms with Gasteiger partial charge in [0.2, 0.25) is 17.6 Å². The molecule has 0 aliphatic carbocycles. The first-order chi connectivity index (χ1) is 17.3. The monoisotopic (exact) mass is 524 g/mol. The van der Waals surface area contributed by atoms with Gasteiger partial charge in [-0.25, -0.2) is 4.79 Å². The van der Waals surface area contributed by atoms with Crippen LogP contribution >= 0.6 is 0 Å². The van der Waals surface area contributed by atoms with Gasteiger partial charge in [0.1, 0.15) is 17.8 Å². The Morgan fingerprint density at radius 1 is 0.973 bits per heavy atom. The van der Waals surface area contributed by atoms with E-state index in [4.69, 9.17) is 4.74 Å². The van der Waals surface area contributed by atoms with Crippen LogP contribution in [0.4, 0.5) is 13.6 Å². The van der Waals surface area contributed by atoms with E-state index in [1.807, 2.05) is 0 Å². The van der Waals surface area contributed by atoms with E-state index in [1.165, 1.54) is 18.7 Å². The summed E-state index contributed by atoms with van der Waals surface area (Å²) >= 11 is 0. The summed E-state index contributed by atoms with van der Waals surface area (Å²) in [4.78, 5) is 64.1. The molecule has 0 spiro atoms. The van der Waals surface area contributed by atoms with Crippen molar-refractivity contribution in [3.05, 3.63) is 30.3 Å². The van der Waals surface area contributed by atoms with E-state index < -0.39 is 59.6 Å². The molecule has 10 nitrogen and oxygen atoms in total. The van der Waals surface area contributed by atoms with E-state index in [2.05, 4.69) is 10.6 Å². The Morgan fingerprint density at radius 3 is 2.11 bits per heavy atom. The first-order valence-electron chi connectivity index (χ1n) is 12.1. The number of benzene rings is 1. The molecule has 3 atom stereocenters. The van der Waals surface area contributed by atoms with Crippen LogP contribution in [0.15, 0.2) is 30.3 Å². The molecule has 37 heavy (non-hydrogen) atoms. The molecule has 0 aromatic heterocycles. The second-order valence-corrected chi connectivity index (χ2v) is 9.51. The number of para-hydroxylation sites is 1. The van der Waals surface area contributed by atoms with Gasteiger partial charge >= 0.3 is 12.0 Å². The van der Waals surface area contributed by atoms with Gasteiger partial charge in [0.25, 0.3) is 5.91 Å². The van der Waals surface area contributed by atoms with Crippen molar-refractivity contribution in [3.8, 4) is 5.75 Å². The van der Waals surface area contributed by atoms with Gasteiger partial charge in [-0.05, 0) is 36.8 Å². The van der Waals surface area contributed by atoms with Crippen LogP contribution in [-0.4, -0.2) is 72.1 Å². The molecule has 1 aliphatic heterocycles. The summed E-state index contributed by atoms with van der Waals surface area (Å²) in [6, 6.07) is 4.55. The molecule has 12 heteroatoms. The number of nitrogens with zero attached hydrogens (tertiary/aromatic N) is 1. The Balaban J connectivity index is 2.16. The van der Waals surface area contributed by atoms with Crippen LogP contribution in [0.2, 0.25) is 0 Å². The number of amides is 4. The maximum atomic E-state index is 14.3. The van der Waals surface area contributed by atoms with Gasteiger partial charge in [0.05, 0.1) is 6.04 Å². The van der Waals surface area contributed by atoms with Crippen molar-refractivity contribution in [3.63, 3.8) is 0 Å². The number of Topliss-reactive ketones (excluding diaryl/α,β-unsaturated/α-hetero) is 1. The lowest BCUT2D eigenvalue weighted by molar-refractivity contribution is -0.161. The standard InChI is InChI=1S/C25H34F2N4O6/c1-14(2)18(20(32)25(26,27)23(35)28-5)29-21(33)17-12-9-13-31(17)22(34)19(15(3)4)30-24(36)37-16-10-7-6-8-11-16/h6-8,10-11,14-15,17-19H,9,12-13H2,1-5H3,(H,28,35)(H,29,33)(H,30,36)/t17-,18-,19-/m0/s1. The zero-order chi connectivity index (χ0) is 27.9. The third-order valence-electron chi connectivity index (χ3n) is 6.07. The molecule has 1 aromatic rings. The van der Waals surface area contributed by atoms with Crippen LogP contribution < -0.4 is 20.7 Å². The maximum Gasteiger partial charge on any atom is 0.413 e. The second kappa shape index (κ2) is 12.6. The van der Waals surface area contributed by atoms with Crippen molar-refractivity contribution in [2.75, 3.05) is 13.6 Å². The predicted octanol–water partition coefficient (Wildman–Crippen LogP) is 1.88. The van der Waals surface area contributed by atoms with Crippen LogP contribution in [0.1, 0.15) is 40.5 Å². The molecule has 1 saturated heterocycles. The SMILES string of the molecule is CNC(=O)C(F)(F)C(=O)[C@@H](NC(=O)[C@@H]1CCCN1C(=O)[C@@H](NC(=O)Oc1ccccc1)C(C)C)C(C)C. The first kappa shape index (κ1) is 29.7. The highest BCUT2D eigenvalue weighted by atomic mass is 19.3. The molecular formula is C25H34F2N4O6. The van der Waals surface area contributed by atoms with E-state index in [9.17, 15) is 32.8 Å². The zero-order valence-corrected chi connectivity index (χ0v) is 21.5. The Kier molecular flexibility index (Phi) is 10.1. The summed E-state index contributed by atoms with van der Waals surface area (Å²) in [5.74, 6) is -10.0. The minimum atomic E-state index is -4.34. The highest BCUT2D eigenvalue weighted by Gasteiger charge is 2.51. The van der Waals surface area contributed by atoms with Crippen LogP contribution in [0.25, 0.3) is 0 Å². The molecule has 1 aromatic carbocycles. The molecular weight excluding hydrogens is 490 g/mol. The summed E-state index contributed by atoms with van der Waals surface area (Å²) in [7, 11) is 0.976. The van der Waals surface area contributed by atoms with Gasteiger partial charge in [-0.2, -0.15) is 8.78 Å². The first-order valence-corrected chi connectivity index (χ1v) is 12.1. The van der Waals surface area contributed by atoms with Crippen molar-refractivity contribution >= 4 is 29.6 Å². The molecule has 204 valence electrons. The van der Waals surface area contributed by atoms with Crippen molar-refractivity contribution in [1.29, 1.82) is 0 Å². The Morgan fingerprint density at radius 2 is 1.57 bits per heavy atom. The molecule has 4 amide bonds. The number of nitrogens with one attached hydrogen (secondary N) is 3. The fraction of sp³-hybridized carbons (Fsp3) is 0.560. The van der Waals surface area contributed by atoms with E-state index in [0.29, 0.717) is 6.42 Å². The van der Waals surface area contributed by atoms with E-state index in [-0.39, 0.29) is 24.6 Å². The number of halogens is 2. The highest BCUT2D eigenvalue weighted by molar-refractivity contribution is 6.10. The van der Waals surface area contributed by atoms with E-state index >= 15 is 0 Å². The summed E-state index contributed by atoms with van der Waals surface area (Å²) in [5.41, 5.74) is 0. The predicted molar refractivity (Wildman–Crippen MR) is 130 cm³/mol. The van der Waals surface area contributed by atoms with Crippen molar-refractivity contribution < 1.29 is 37.5 Å². The van der Waals surface area contributed by atoms with Crippen molar-refractivity contribution in [2.45, 2.75) is 64.6 Å². The lowest BCUT2D eigenvalue weighted by Gasteiger charge is -2.32. The molecule has 0 saturated carbocycles. The number of carbonyl (C=O) groups excluding carboxylic acids is 5. The smallest absolute Gasteiger partial charge is 0.410 e. The molecule has 0 radical (unpaired) electrons. The minimum Gasteiger partial charge on any atom is -0.410 e. The summed E-state index contributed by atoms with van der Waals surface area (Å²) in [5, 5.41) is 6.59. The molecule has 3 N–H and O–H groups in total. The van der Waals surface area contributed by atoms with Crippen LogP contribution in [-0.2, 0) is 19.2 Å². The fourth-order valence-electron chi connectivity index (χ4n) is 4.00. The van der Waals surface area contributed by atoms with Gasteiger partial charge < -0.3 is 25.6 Å². The number of ether oxygens (including phenoxy) is 1. The van der Waals surface area contributed by atoms with Crippen LogP contribution in [0.5, 0.6) is 5.75 Å². The number of likely N-dealkylation sites (tertiary alicyclic amines) is 1. The number of rotatable bonds is 10. The highest BCUT2D eigenvalue weighted by Crippen LogP contribution is 2.24. The van der Waals surface area contributed by atoms with Crippen LogP contribution in [0.3, 0.4) is 0 Å². The third-order valence-corrected chi connectivity index (χ3v) is 6.07. The molecule has 0 unspecified atom stereocenters. The molecule has 1 aliphatic rings. The zero-order valence-electron chi connectivity index (χ0n) is 21.5. The maximum absolute atomic E-state index is 14.3. The van der Waals surface area contributed by atoms with Gasteiger partial charge in [-0.1, -0.05) is 45.9 Å². The Bertz CT molecular complexity index is 1000. The molecule has 0 bridgehead atoms. The number of alkyl halides is 2. The quantitative estimate of drug-likeness (QED) is 0.400. The third kappa shape index (κ3) is 7.23. The number of ketones is 1. The topological polar surface area (TPSA) is 134 Å². The second-order valence-electron chi connectivity index (χ2n) is 9.51. The lowest BCUT2D eigenvalue weighted by Crippen LogP contribution is -2.60. The molecule has 2 rings (SSSR count). The average molecular weight is 525 g/mol. The van der Waals surface area contributed by atoms with Gasteiger partial charge in [0.15, 0.2) is 0 Å². The van der Waals surface area contributed by atoms with Crippen molar-refractivity contribution in [1.82, 2.24) is 20.9 Å². The molecule has 1 fully saturated rings. The number of hydrogen-bond donors (Lipinski definition) is 3. The number of carbonyl (C=O) groups is 5. The Hall–Kier alpha value is -3.57. The van der Waals surface area contributed by atoms with Gasteiger partial charge in [-0.15, -0.1) is 0 Å². The summed E-state index contributed by atoms with van der Waals surface area (Å²) in [6.07, 6.45) is -0.153. The van der Waals surface area contributed by atoms with Gasteiger partial charge in [-0.3, -0.25) is 19.2 Å². The van der Waals surface area contributed by atoms with Crippen LogP contribution in [0, 0.1) is 11.8 Å². The average Bonchev–Trinajstić information content (AvgIpc) is 3.34. The van der Waals surface area contributed by atoms with E-state index in [0.717, 1.165) is 7.05 Å². The lowest BCUT2D eigenvalue weighted by atomic mass is 9.94. The summed E-state index contributed by atoms with van der Waals surface area (Å²) in [6.45, 7) is 6.54. The number of hydrogen-bond acceptors (Lipinski definition) is 6. The van der Waals surface area contributed by atoms with E-state index in [1.54, 1.807) is 49.5 Å². The van der Waals surface area contributed by atoms with Crippen molar-refractivity contribution in [2.24, 2.45) is 11.8 Å². The Labute approximate surface area is 214 Å². The largest absolute Gasteiger partial charge is 0.413 e. The minimum absolute atomic E-state index is 0.199. The van der Waals surface area contributed by atoms with Gasteiger partial charge in [0, 0.05) is 13.6 Å². The normalized spacial score (nSPS) is 17.2. The molecule has 1 heterocycles. The summed E-state index contributed by atoms with van der Waals surface area (Å²) < 4.78 is 33.8. The fourth-order valence-corrected chi connectivity index (χ4v) is 4.00.